The van der Waals surface area contributed by atoms with Crippen molar-refractivity contribution in [1.82, 2.24) is 24.7 Å². The van der Waals surface area contributed by atoms with Crippen LogP contribution in [0.1, 0.15) is 11.4 Å². The molecular formula is C21H17N5O2S3. The number of thiophene rings is 2. The largest absolute Gasteiger partial charge is 0.495 e. The van der Waals surface area contributed by atoms with E-state index in [-0.39, 0.29) is 5.56 Å². The summed E-state index contributed by atoms with van der Waals surface area (Å²) in [5.74, 6) is 2.54. The van der Waals surface area contributed by atoms with E-state index in [9.17, 15) is 4.79 Å². The van der Waals surface area contributed by atoms with Crippen LogP contribution in [0, 0.1) is 6.92 Å². The van der Waals surface area contributed by atoms with Crippen LogP contribution in [0.2, 0.25) is 0 Å². The Morgan fingerprint density at radius 3 is 2.87 bits per heavy atom. The first-order chi connectivity index (χ1) is 15.1. The van der Waals surface area contributed by atoms with Crippen LogP contribution in [0.3, 0.4) is 0 Å². The smallest absolute Gasteiger partial charge is 0.268 e. The fraction of sp³-hybridized carbons (Fsp3) is 0.143. The molecule has 0 aliphatic carbocycles. The fourth-order valence-corrected chi connectivity index (χ4v) is 5.48. The van der Waals surface area contributed by atoms with Gasteiger partial charge in [0, 0.05) is 0 Å². The lowest BCUT2D eigenvalue weighted by molar-refractivity contribution is 0.412. The highest BCUT2D eigenvalue weighted by Crippen LogP contribution is 2.35. The zero-order chi connectivity index (χ0) is 21.4. The molecule has 0 spiro atoms. The van der Waals surface area contributed by atoms with E-state index in [1.807, 2.05) is 52.6 Å². The number of aromatic amines is 1. The second-order valence-corrected chi connectivity index (χ2v) is 9.54. The monoisotopic (exact) mass is 467 g/mol. The molecule has 0 radical (unpaired) electrons. The van der Waals surface area contributed by atoms with E-state index in [2.05, 4.69) is 26.2 Å². The minimum Gasteiger partial charge on any atom is -0.495 e. The first-order valence-electron chi connectivity index (χ1n) is 9.37. The van der Waals surface area contributed by atoms with Gasteiger partial charge in [-0.1, -0.05) is 23.9 Å². The molecular weight excluding hydrogens is 450 g/mol. The maximum absolute atomic E-state index is 12.3. The molecule has 0 unspecified atom stereocenters. The molecule has 4 heterocycles. The number of ether oxygens (including phenoxy) is 1. The molecule has 7 nitrogen and oxygen atoms in total. The molecule has 0 bridgehead atoms. The molecule has 1 N–H and O–H groups in total. The molecule has 0 saturated heterocycles. The molecule has 156 valence electrons. The molecule has 1 aromatic carbocycles. The first kappa shape index (κ1) is 20.0. The summed E-state index contributed by atoms with van der Waals surface area (Å²) in [5.41, 5.74) is 2.57. The lowest BCUT2D eigenvalue weighted by Gasteiger charge is -2.14. The van der Waals surface area contributed by atoms with E-state index >= 15 is 0 Å². The number of rotatable bonds is 6. The lowest BCUT2D eigenvalue weighted by Crippen LogP contribution is -2.09. The molecule has 10 heteroatoms. The Hall–Kier alpha value is -2.95. The van der Waals surface area contributed by atoms with Gasteiger partial charge in [0.05, 0.1) is 28.9 Å². The standard InChI is InChI=1S/C21H17N5O2S3/c1-12-5-6-15(28-2)14(10-12)26-19(16-4-3-8-29-16)24-25-21(26)31-11-17-22-13-7-9-30-18(13)20(27)23-17/h3-10H,11H2,1-2H3,(H,22,23,27). The van der Waals surface area contributed by atoms with Gasteiger partial charge in [0.2, 0.25) is 0 Å². The van der Waals surface area contributed by atoms with Gasteiger partial charge in [0.25, 0.3) is 5.56 Å². The number of nitrogens with one attached hydrogen (secondary N) is 1. The summed E-state index contributed by atoms with van der Waals surface area (Å²) < 4.78 is 8.27. The van der Waals surface area contributed by atoms with Gasteiger partial charge in [-0.2, -0.15) is 0 Å². The summed E-state index contributed by atoms with van der Waals surface area (Å²) in [6.07, 6.45) is 0. The zero-order valence-corrected chi connectivity index (χ0v) is 19.1. The molecule has 0 fully saturated rings. The van der Waals surface area contributed by atoms with Crippen molar-refractivity contribution in [3.8, 4) is 22.1 Å². The summed E-state index contributed by atoms with van der Waals surface area (Å²) in [4.78, 5) is 20.8. The van der Waals surface area contributed by atoms with E-state index in [1.54, 1.807) is 18.4 Å². The minimum atomic E-state index is -0.114. The van der Waals surface area contributed by atoms with Gasteiger partial charge in [-0.25, -0.2) is 4.98 Å². The molecule has 0 atom stereocenters. The number of thioether (sulfide) groups is 1. The second-order valence-electron chi connectivity index (χ2n) is 6.73. The predicted octanol–water partition coefficient (Wildman–Crippen LogP) is 4.90. The SMILES string of the molecule is COc1ccc(C)cc1-n1c(SCc2nc3ccsc3c(=O)[nH]2)nnc1-c1cccs1. The number of methoxy groups -OCH3 is 1. The van der Waals surface area contributed by atoms with Crippen molar-refractivity contribution in [3.63, 3.8) is 0 Å². The molecule has 5 aromatic rings. The van der Waals surface area contributed by atoms with Crippen molar-refractivity contribution in [2.45, 2.75) is 17.8 Å². The molecule has 31 heavy (non-hydrogen) atoms. The van der Waals surface area contributed by atoms with Gasteiger partial charge in [-0.3, -0.25) is 9.36 Å². The molecule has 5 rings (SSSR count). The Kier molecular flexibility index (Phi) is 5.34. The van der Waals surface area contributed by atoms with Crippen LogP contribution < -0.4 is 10.3 Å². The predicted molar refractivity (Wildman–Crippen MR) is 126 cm³/mol. The summed E-state index contributed by atoms with van der Waals surface area (Å²) in [6.45, 7) is 2.04. The molecule has 4 aromatic heterocycles. The number of benzene rings is 1. The van der Waals surface area contributed by atoms with Gasteiger partial charge >= 0.3 is 0 Å². The van der Waals surface area contributed by atoms with Crippen molar-refractivity contribution >= 4 is 44.7 Å². The normalized spacial score (nSPS) is 11.3. The van der Waals surface area contributed by atoms with Gasteiger partial charge < -0.3 is 9.72 Å². The zero-order valence-electron chi connectivity index (χ0n) is 16.7. The van der Waals surface area contributed by atoms with Gasteiger partial charge in [0.15, 0.2) is 11.0 Å². The van der Waals surface area contributed by atoms with Crippen LogP contribution >= 0.6 is 34.4 Å². The van der Waals surface area contributed by atoms with Gasteiger partial charge in [-0.05, 0) is 47.5 Å². The number of aromatic nitrogens is 5. The Morgan fingerprint density at radius 2 is 2.06 bits per heavy atom. The maximum Gasteiger partial charge on any atom is 0.268 e. The van der Waals surface area contributed by atoms with E-state index in [0.717, 1.165) is 27.7 Å². The van der Waals surface area contributed by atoms with Crippen LogP contribution in [0.4, 0.5) is 0 Å². The van der Waals surface area contributed by atoms with Crippen molar-refractivity contribution in [3.05, 3.63) is 68.9 Å². The third-order valence-corrected chi connectivity index (χ3v) is 7.36. The van der Waals surface area contributed by atoms with E-state index < -0.39 is 0 Å². The number of H-pyrrole nitrogens is 1. The first-order valence-corrected chi connectivity index (χ1v) is 12.1. The second kappa shape index (κ2) is 8.29. The number of hydrogen-bond acceptors (Lipinski definition) is 8. The Morgan fingerprint density at radius 1 is 1.16 bits per heavy atom. The van der Waals surface area contributed by atoms with Gasteiger partial charge in [-0.15, -0.1) is 32.9 Å². The Labute approximate surface area is 189 Å². The van der Waals surface area contributed by atoms with E-state index in [1.165, 1.54) is 23.1 Å². The van der Waals surface area contributed by atoms with Gasteiger partial charge in [0.1, 0.15) is 16.3 Å². The van der Waals surface area contributed by atoms with Crippen LogP contribution in [0.25, 0.3) is 26.6 Å². The number of nitrogens with zero attached hydrogens (tertiary/aromatic N) is 4. The molecule has 0 saturated carbocycles. The number of hydrogen-bond donors (Lipinski definition) is 1. The van der Waals surface area contributed by atoms with Crippen LogP contribution in [0.15, 0.2) is 57.1 Å². The Bertz CT molecular complexity index is 1420. The van der Waals surface area contributed by atoms with Crippen LogP contribution in [0.5, 0.6) is 5.75 Å². The summed E-state index contributed by atoms with van der Waals surface area (Å²) in [6, 6.07) is 11.9. The maximum atomic E-state index is 12.3. The van der Waals surface area contributed by atoms with Crippen molar-refractivity contribution < 1.29 is 4.74 Å². The number of aryl methyl sites for hydroxylation is 1. The minimum absolute atomic E-state index is 0.114. The van der Waals surface area contributed by atoms with Crippen molar-refractivity contribution in [2.75, 3.05) is 7.11 Å². The number of fused-ring (bicyclic) bond motifs is 1. The summed E-state index contributed by atoms with van der Waals surface area (Å²) >= 11 is 4.46. The van der Waals surface area contributed by atoms with E-state index in [4.69, 9.17) is 4.74 Å². The third-order valence-electron chi connectivity index (χ3n) is 4.65. The molecule has 0 amide bonds. The lowest BCUT2D eigenvalue weighted by atomic mass is 10.2. The average Bonchev–Trinajstić information content (AvgIpc) is 3.52. The molecule has 0 aliphatic rings. The molecule has 0 aliphatic heterocycles. The summed E-state index contributed by atoms with van der Waals surface area (Å²) in [5, 5.41) is 13.5. The van der Waals surface area contributed by atoms with Crippen molar-refractivity contribution in [2.24, 2.45) is 0 Å². The highest BCUT2D eigenvalue weighted by molar-refractivity contribution is 7.98. The third kappa shape index (κ3) is 3.78. The fourth-order valence-electron chi connectivity index (χ4n) is 3.24. The summed E-state index contributed by atoms with van der Waals surface area (Å²) in [7, 11) is 1.65. The highest BCUT2D eigenvalue weighted by Gasteiger charge is 2.20. The quantitative estimate of drug-likeness (QED) is 0.357. The van der Waals surface area contributed by atoms with E-state index in [0.29, 0.717) is 27.0 Å². The van der Waals surface area contributed by atoms with Crippen LogP contribution in [-0.2, 0) is 5.75 Å². The highest BCUT2D eigenvalue weighted by atomic mass is 32.2. The van der Waals surface area contributed by atoms with Crippen molar-refractivity contribution in [1.29, 1.82) is 0 Å². The average molecular weight is 468 g/mol. The topological polar surface area (TPSA) is 85.7 Å². The Balaban J connectivity index is 1.57. The van der Waals surface area contributed by atoms with Crippen LogP contribution in [-0.4, -0.2) is 31.8 Å².